The van der Waals surface area contributed by atoms with Gasteiger partial charge in [-0.2, -0.15) is 0 Å². The third kappa shape index (κ3) is 2.24. The van der Waals surface area contributed by atoms with Crippen molar-refractivity contribution in [2.24, 2.45) is 5.92 Å². The highest BCUT2D eigenvalue weighted by Crippen LogP contribution is 2.36. The molecule has 0 amide bonds. The molecular formula is C15H21NO. The molecule has 0 saturated carbocycles. The summed E-state index contributed by atoms with van der Waals surface area (Å²) < 4.78 is 0. The first-order valence-electron chi connectivity index (χ1n) is 6.82. The summed E-state index contributed by atoms with van der Waals surface area (Å²) in [7, 11) is 0. The van der Waals surface area contributed by atoms with E-state index in [-0.39, 0.29) is 6.23 Å². The summed E-state index contributed by atoms with van der Waals surface area (Å²) in [6.07, 6.45) is 5.68. The largest absolute Gasteiger partial charge is 0.378 e. The summed E-state index contributed by atoms with van der Waals surface area (Å²) in [4.78, 5) is 2.34. The zero-order valence-electron chi connectivity index (χ0n) is 10.3. The van der Waals surface area contributed by atoms with Gasteiger partial charge in [-0.1, -0.05) is 30.3 Å². The summed E-state index contributed by atoms with van der Waals surface area (Å²) in [5.74, 6) is 0.798. The van der Waals surface area contributed by atoms with Crippen molar-refractivity contribution in [2.75, 3.05) is 6.54 Å². The van der Waals surface area contributed by atoms with E-state index in [1.165, 1.54) is 24.8 Å². The minimum absolute atomic E-state index is 0.194. The van der Waals surface area contributed by atoms with Crippen LogP contribution >= 0.6 is 0 Å². The predicted octanol–water partition coefficient (Wildman–Crippen LogP) is 2.42. The third-order valence-corrected chi connectivity index (χ3v) is 4.43. The van der Waals surface area contributed by atoms with Gasteiger partial charge in [-0.25, -0.2) is 0 Å². The molecule has 0 aromatic heterocycles. The maximum atomic E-state index is 10.1. The van der Waals surface area contributed by atoms with Crippen LogP contribution in [-0.2, 0) is 6.42 Å². The van der Waals surface area contributed by atoms with E-state index in [9.17, 15) is 5.11 Å². The second-order valence-corrected chi connectivity index (χ2v) is 5.46. The van der Waals surface area contributed by atoms with Gasteiger partial charge in [0.15, 0.2) is 0 Å². The maximum absolute atomic E-state index is 10.1. The molecule has 1 N–H and O–H groups in total. The van der Waals surface area contributed by atoms with Crippen LogP contribution in [0, 0.1) is 5.92 Å². The molecule has 1 aromatic carbocycles. The molecule has 0 radical (unpaired) electrons. The summed E-state index contributed by atoms with van der Waals surface area (Å²) in [5.41, 5.74) is 1.41. The Bertz CT molecular complexity index is 364. The lowest BCUT2D eigenvalue weighted by atomic mass is 9.79. The topological polar surface area (TPSA) is 23.5 Å². The second-order valence-electron chi connectivity index (χ2n) is 5.46. The van der Waals surface area contributed by atoms with Crippen molar-refractivity contribution in [2.45, 2.75) is 44.4 Å². The van der Waals surface area contributed by atoms with Gasteiger partial charge >= 0.3 is 0 Å². The lowest BCUT2D eigenvalue weighted by molar-refractivity contribution is -0.0977. The van der Waals surface area contributed by atoms with Gasteiger partial charge in [-0.15, -0.1) is 0 Å². The van der Waals surface area contributed by atoms with Gasteiger partial charge < -0.3 is 5.11 Å². The molecule has 2 heteroatoms. The van der Waals surface area contributed by atoms with E-state index in [0.717, 1.165) is 25.3 Å². The number of hydrogen-bond acceptors (Lipinski definition) is 2. The molecule has 2 nitrogen and oxygen atoms in total. The standard InChI is InChI=1S/C15H21NO/c17-15-9-8-13-7-4-10-16(15)14(13)11-12-5-2-1-3-6-12/h1-3,5-6,13-15,17H,4,7-11H2. The van der Waals surface area contributed by atoms with E-state index < -0.39 is 0 Å². The van der Waals surface area contributed by atoms with Crippen LogP contribution in [0.2, 0.25) is 0 Å². The first kappa shape index (κ1) is 11.2. The zero-order chi connectivity index (χ0) is 11.7. The first-order valence-corrected chi connectivity index (χ1v) is 6.82. The molecular weight excluding hydrogens is 210 g/mol. The fraction of sp³-hybridized carbons (Fsp3) is 0.600. The number of aliphatic hydroxyl groups is 1. The van der Waals surface area contributed by atoms with Gasteiger partial charge in [0, 0.05) is 12.6 Å². The fourth-order valence-electron chi connectivity index (χ4n) is 3.54. The summed E-state index contributed by atoms with van der Waals surface area (Å²) >= 11 is 0. The molecule has 4 atom stereocenters. The first-order chi connectivity index (χ1) is 8.34. The molecule has 0 spiro atoms. The molecule has 1 aromatic rings. The van der Waals surface area contributed by atoms with E-state index in [1.807, 2.05) is 0 Å². The molecule has 2 bridgehead atoms. The lowest BCUT2D eigenvalue weighted by Gasteiger charge is -2.48. The number of piperidine rings is 2. The molecule has 0 aliphatic carbocycles. The quantitative estimate of drug-likeness (QED) is 0.845. The Balaban J connectivity index is 1.77. The Hall–Kier alpha value is -0.860. The highest BCUT2D eigenvalue weighted by Gasteiger charge is 2.38. The normalized spacial score (nSPS) is 36.8. The Morgan fingerprint density at radius 1 is 1.12 bits per heavy atom. The number of hydrogen-bond donors (Lipinski definition) is 1. The highest BCUT2D eigenvalue weighted by molar-refractivity contribution is 5.16. The molecule has 92 valence electrons. The maximum Gasteiger partial charge on any atom is 0.107 e. The van der Waals surface area contributed by atoms with Crippen molar-refractivity contribution < 1.29 is 5.11 Å². The van der Waals surface area contributed by atoms with Gasteiger partial charge in [0.05, 0.1) is 0 Å². The van der Waals surface area contributed by atoms with Gasteiger partial charge in [-0.3, -0.25) is 4.90 Å². The monoisotopic (exact) mass is 231 g/mol. The average Bonchev–Trinajstić information content (AvgIpc) is 2.36. The van der Waals surface area contributed by atoms with Crippen LogP contribution in [-0.4, -0.2) is 28.8 Å². The summed E-state index contributed by atoms with van der Waals surface area (Å²) in [6, 6.07) is 11.3. The molecule has 2 aliphatic heterocycles. The SMILES string of the molecule is OC1CCC2CCCN1C2Cc1ccccc1. The van der Waals surface area contributed by atoms with Gasteiger partial charge in [0.1, 0.15) is 6.23 Å². The molecule has 17 heavy (non-hydrogen) atoms. The van der Waals surface area contributed by atoms with Crippen molar-refractivity contribution in [1.29, 1.82) is 0 Å². The van der Waals surface area contributed by atoms with E-state index >= 15 is 0 Å². The molecule has 2 heterocycles. The number of benzene rings is 1. The molecule has 2 saturated heterocycles. The van der Waals surface area contributed by atoms with E-state index in [1.54, 1.807) is 0 Å². The minimum atomic E-state index is -0.194. The Kier molecular flexibility index (Phi) is 3.17. The number of nitrogens with zero attached hydrogens (tertiary/aromatic N) is 1. The average molecular weight is 231 g/mol. The van der Waals surface area contributed by atoms with Crippen LogP contribution in [0.4, 0.5) is 0 Å². The zero-order valence-corrected chi connectivity index (χ0v) is 10.3. The van der Waals surface area contributed by atoms with E-state index in [4.69, 9.17) is 0 Å². The molecule has 2 aliphatic rings. The van der Waals surface area contributed by atoms with Crippen LogP contribution < -0.4 is 0 Å². The highest BCUT2D eigenvalue weighted by atomic mass is 16.3. The fourth-order valence-corrected chi connectivity index (χ4v) is 3.54. The Labute approximate surface area is 103 Å². The summed E-state index contributed by atoms with van der Waals surface area (Å²) in [5, 5.41) is 10.1. The predicted molar refractivity (Wildman–Crippen MR) is 68.6 cm³/mol. The van der Waals surface area contributed by atoms with E-state index in [2.05, 4.69) is 35.2 Å². The molecule has 4 unspecified atom stereocenters. The smallest absolute Gasteiger partial charge is 0.107 e. The van der Waals surface area contributed by atoms with Crippen molar-refractivity contribution in [3.8, 4) is 0 Å². The van der Waals surface area contributed by atoms with Crippen LogP contribution in [0.25, 0.3) is 0 Å². The number of fused-ring (bicyclic) bond motifs is 2. The van der Waals surface area contributed by atoms with Crippen LogP contribution in [0.15, 0.2) is 30.3 Å². The van der Waals surface area contributed by atoms with Crippen LogP contribution in [0.3, 0.4) is 0 Å². The molecule has 3 rings (SSSR count). The number of aliphatic hydroxyl groups excluding tert-OH is 1. The Morgan fingerprint density at radius 3 is 2.76 bits per heavy atom. The second kappa shape index (κ2) is 4.79. The van der Waals surface area contributed by atoms with Crippen molar-refractivity contribution in [3.63, 3.8) is 0 Å². The van der Waals surface area contributed by atoms with Gasteiger partial charge in [0.2, 0.25) is 0 Å². The van der Waals surface area contributed by atoms with E-state index in [0.29, 0.717) is 6.04 Å². The lowest BCUT2D eigenvalue weighted by Crippen LogP contribution is -2.55. The van der Waals surface area contributed by atoms with Crippen molar-refractivity contribution in [3.05, 3.63) is 35.9 Å². The number of rotatable bonds is 2. The third-order valence-electron chi connectivity index (χ3n) is 4.43. The van der Waals surface area contributed by atoms with Gasteiger partial charge in [-0.05, 0) is 43.6 Å². The molecule has 2 fully saturated rings. The Morgan fingerprint density at radius 2 is 1.94 bits per heavy atom. The van der Waals surface area contributed by atoms with Gasteiger partial charge in [0.25, 0.3) is 0 Å². The van der Waals surface area contributed by atoms with Crippen molar-refractivity contribution >= 4 is 0 Å². The van der Waals surface area contributed by atoms with Crippen LogP contribution in [0.1, 0.15) is 31.2 Å². The summed E-state index contributed by atoms with van der Waals surface area (Å²) in [6.45, 7) is 1.08. The van der Waals surface area contributed by atoms with Crippen LogP contribution in [0.5, 0.6) is 0 Å². The van der Waals surface area contributed by atoms with Crippen molar-refractivity contribution in [1.82, 2.24) is 4.90 Å². The minimum Gasteiger partial charge on any atom is -0.378 e.